The SMILES string of the molecule is CCCCC/C=C\C/C=C\C/C=C\C/C=C\CCCC(=O)O[C@H](COC(=O)CCCCCCC[C@@H](O)[C@H](O)C/C=C\CCCCC)COP(=O)([O-])OCC[N+](C)(C)C. The number of carbonyl (C=O) groups excluding carboxylic acids is 2. The fourth-order valence-electron chi connectivity index (χ4n) is 5.55. The van der Waals surface area contributed by atoms with Crippen LogP contribution < -0.4 is 4.89 Å². The van der Waals surface area contributed by atoms with Gasteiger partial charge in [0.1, 0.15) is 19.8 Å². The number of unbranched alkanes of at least 4 members (excludes halogenated alkanes) is 11. The van der Waals surface area contributed by atoms with Gasteiger partial charge in [0.25, 0.3) is 7.82 Å². The Morgan fingerprint density at radius 2 is 1.14 bits per heavy atom. The molecule has 2 N–H and O–H groups in total. The van der Waals surface area contributed by atoms with Crippen molar-refractivity contribution in [3.05, 3.63) is 60.8 Å². The van der Waals surface area contributed by atoms with E-state index in [-0.39, 0.29) is 26.1 Å². The van der Waals surface area contributed by atoms with E-state index in [0.717, 1.165) is 64.2 Å². The lowest BCUT2D eigenvalue weighted by atomic mass is 10.0. The van der Waals surface area contributed by atoms with Gasteiger partial charge in [-0.3, -0.25) is 14.2 Å². The minimum absolute atomic E-state index is 0.0689. The van der Waals surface area contributed by atoms with Crippen molar-refractivity contribution in [1.29, 1.82) is 0 Å². The third-order valence-electron chi connectivity index (χ3n) is 9.21. The number of likely N-dealkylation sites (N-methyl/N-ethyl adjacent to an activating group) is 1. The van der Waals surface area contributed by atoms with Gasteiger partial charge in [0.2, 0.25) is 0 Å². The number of phosphoric acid groups is 1. The Morgan fingerprint density at radius 3 is 1.72 bits per heavy atom. The zero-order chi connectivity index (χ0) is 43.2. The summed E-state index contributed by atoms with van der Waals surface area (Å²) in [5.74, 6) is -1.02. The van der Waals surface area contributed by atoms with E-state index in [4.69, 9.17) is 18.5 Å². The number of allylic oxidation sites excluding steroid dienone is 9. The standard InChI is InChI=1S/C46H82NO10P/c1-6-8-10-12-14-15-16-17-18-19-20-21-22-23-24-28-33-37-46(51)57-42(41-56-58(52,53)55-39-38-47(3,4)5)40-54-45(50)36-32-29-25-27-31-35-44(49)43(48)34-30-26-13-11-9-7-2/h14-15,17-18,20-21,23-24,26,30,42-44,48-49H,6-13,16,19,22,25,27-29,31-41H2,1-5H3/b15-14-,18-17-,21-20-,24-23-,30-26-/t42-,43-,44-/m1/s1. The first-order valence-corrected chi connectivity index (χ1v) is 23.6. The Labute approximate surface area is 352 Å². The number of phosphoric ester groups is 1. The molecule has 0 heterocycles. The number of rotatable bonds is 39. The number of esters is 2. The van der Waals surface area contributed by atoms with Gasteiger partial charge in [0.15, 0.2) is 6.10 Å². The zero-order valence-corrected chi connectivity index (χ0v) is 37.8. The minimum atomic E-state index is -4.68. The fraction of sp³-hybridized carbons (Fsp3) is 0.739. The van der Waals surface area contributed by atoms with Crippen LogP contribution in [-0.2, 0) is 32.7 Å². The summed E-state index contributed by atoms with van der Waals surface area (Å²) in [7, 11) is 1.04. The Kier molecular flexibility index (Phi) is 36.1. The van der Waals surface area contributed by atoms with E-state index in [2.05, 4.69) is 62.5 Å². The van der Waals surface area contributed by atoms with Gasteiger partial charge in [-0.25, -0.2) is 0 Å². The molecule has 0 aliphatic carbocycles. The molecular weight excluding hydrogens is 757 g/mol. The Balaban J connectivity index is 4.58. The van der Waals surface area contributed by atoms with Crippen molar-refractivity contribution in [2.24, 2.45) is 0 Å². The molecule has 0 aromatic rings. The molecule has 4 atom stereocenters. The number of hydrogen-bond donors (Lipinski definition) is 2. The summed E-state index contributed by atoms with van der Waals surface area (Å²) >= 11 is 0. The van der Waals surface area contributed by atoms with Gasteiger partial charge in [0, 0.05) is 12.8 Å². The maximum Gasteiger partial charge on any atom is 0.306 e. The topological polar surface area (TPSA) is 152 Å². The van der Waals surface area contributed by atoms with Crippen LogP contribution in [0.25, 0.3) is 0 Å². The predicted molar refractivity (Wildman–Crippen MR) is 234 cm³/mol. The molecule has 0 aliphatic heterocycles. The van der Waals surface area contributed by atoms with E-state index < -0.39 is 44.7 Å². The number of ether oxygens (including phenoxy) is 2. The second-order valence-corrected chi connectivity index (χ2v) is 17.4. The van der Waals surface area contributed by atoms with Gasteiger partial charge in [-0.2, -0.15) is 0 Å². The quantitative estimate of drug-likeness (QED) is 0.0201. The fourth-order valence-corrected chi connectivity index (χ4v) is 6.28. The molecule has 58 heavy (non-hydrogen) atoms. The monoisotopic (exact) mass is 840 g/mol. The van der Waals surface area contributed by atoms with Crippen LogP contribution in [0, 0.1) is 0 Å². The van der Waals surface area contributed by atoms with Gasteiger partial charge in [-0.1, -0.05) is 126 Å². The number of hydrogen-bond acceptors (Lipinski definition) is 10. The van der Waals surface area contributed by atoms with Gasteiger partial charge in [0.05, 0.1) is 40.0 Å². The Bertz CT molecular complexity index is 1210. The highest BCUT2D eigenvalue weighted by Gasteiger charge is 2.22. The van der Waals surface area contributed by atoms with Gasteiger partial charge < -0.3 is 38.1 Å². The second kappa shape index (κ2) is 37.6. The molecule has 0 aliphatic rings. The summed E-state index contributed by atoms with van der Waals surface area (Å²) in [6.07, 6.45) is 37.1. The third-order valence-corrected chi connectivity index (χ3v) is 10.2. The molecular formula is C46H82NO10P. The first kappa shape index (κ1) is 55.6. The highest BCUT2D eigenvalue weighted by atomic mass is 31.2. The van der Waals surface area contributed by atoms with Crippen LogP contribution in [0.2, 0.25) is 0 Å². The molecule has 0 fully saturated rings. The van der Waals surface area contributed by atoms with E-state index in [1.807, 2.05) is 33.3 Å². The normalized spacial score (nSPS) is 15.2. The zero-order valence-electron chi connectivity index (χ0n) is 36.9. The number of nitrogens with zero attached hydrogens (tertiary/aromatic N) is 1. The highest BCUT2D eigenvalue weighted by molar-refractivity contribution is 7.45. The van der Waals surface area contributed by atoms with Crippen molar-refractivity contribution in [1.82, 2.24) is 0 Å². The lowest BCUT2D eigenvalue weighted by molar-refractivity contribution is -0.870. The molecule has 0 saturated carbocycles. The summed E-state index contributed by atoms with van der Waals surface area (Å²) in [4.78, 5) is 37.5. The molecule has 12 heteroatoms. The van der Waals surface area contributed by atoms with Crippen molar-refractivity contribution in [2.75, 3.05) is 47.5 Å². The first-order valence-electron chi connectivity index (χ1n) is 22.2. The second-order valence-electron chi connectivity index (χ2n) is 16.0. The molecule has 1 unspecified atom stereocenters. The number of quaternary nitrogens is 1. The van der Waals surface area contributed by atoms with E-state index >= 15 is 0 Å². The molecule has 0 aromatic heterocycles. The van der Waals surface area contributed by atoms with Crippen LogP contribution >= 0.6 is 7.82 Å². The van der Waals surface area contributed by atoms with E-state index in [1.165, 1.54) is 32.1 Å². The highest BCUT2D eigenvalue weighted by Crippen LogP contribution is 2.38. The molecule has 0 rings (SSSR count). The molecule has 0 saturated heterocycles. The Hall–Kier alpha value is -2.37. The van der Waals surface area contributed by atoms with Crippen molar-refractivity contribution < 1.29 is 52.3 Å². The van der Waals surface area contributed by atoms with E-state index in [1.54, 1.807) is 0 Å². The van der Waals surface area contributed by atoms with Crippen LogP contribution in [0.1, 0.15) is 155 Å². The summed E-state index contributed by atoms with van der Waals surface area (Å²) in [6, 6.07) is 0. The van der Waals surface area contributed by atoms with Crippen LogP contribution in [0.4, 0.5) is 0 Å². The van der Waals surface area contributed by atoms with Crippen LogP contribution in [0.15, 0.2) is 60.8 Å². The molecule has 0 aromatic carbocycles. The smallest absolute Gasteiger partial charge is 0.306 e. The van der Waals surface area contributed by atoms with Crippen molar-refractivity contribution >= 4 is 19.8 Å². The molecule has 11 nitrogen and oxygen atoms in total. The predicted octanol–water partition coefficient (Wildman–Crippen LogP) is 9.77. The minimum Gasteiger partial charge on any atom is -0.756 e. The number of aliphatic hydroxyl groups excluding tert-OH is 2. The first-order chi connectivity index (χ1) is 27.8. The maximum atomic E-state index is 12.7. The lowest BCUT2D eigenvalue weighted by Gasteiger charge is -2.28. The molecule has 0 amide bonds. The average molecular weight is 840 g/mol. The van der Waals surface area contributed by atoms with E-state index in [9.17, 15) is 29.3 Å². The average Bonchev–Trinajstić information content (AvgIpc) is 3.17. The summed E-state index contributed by atoms with van der Waals surface area (Å²) in [5.41, 5.74) is 0. The lowest BCUT2D eigenvalue weighted by Crippen LogP contribution is -2.37. The molecule has 0 radical (unpaired) electrons. The van der Waals surface area contributed by atoms with Gasteiger partial charge in [-0.05, 0) is 77.0 Å². The van der Waals surface area contributed by atoms with Crippen molar-refractivity contribution in [3.63, 3.8) is 0 Å². The van der Waals surface area contributed by atoms with E-state index in [0.29, 0.717) is 43.1 Å². The number of aliphatic hydroxyl groups is 2. The largest absolute Gasteiger partial charge is 0.756 e. The maximum absolute atomic E-state index is 12.7. The molecule has 0 bridgehead atoms. The third kappa shape index (κ3) is 39.1. The van der Waals surface area contributed by atoms with Crippen LogP contribution in [0.3, 0.4) is 0 Å². The summed E-state index contributed by atoms with van der Waals surface area (Å²) in [6.45, 7) is 3.88. The summed E-state index contributed by atoms with van der Waals surface area (Å²) < 4.78 is 33.7. The summed E-state index contributed by atoms with van der Waals surface area (Å²) in [5, 5.41) is 20.4. The van der Waals surface area contributed by atoms with Crippen molar-refractivity contribution in [3.8, 4) is 0 Å². The Morgan fingerprint density at radius 1 is 0.621 bits per heavy atom. The van der Waals surface area contributed by atoms with Crippen LogP contribution in [0.5, 0.6) is 0 Å². The van der Waals surface area contributed by atoms with Gasteiger partial charge in [-0.15, -0.1) is 0 Å². The van der Waals surface area contributed by atoms with Gasteiger partial charge >= 0.3 is 11.9 Å². The number of carbonyl (C=O) groups is 2. The van der Waals surface area contributed by atoms with Crippen LogP contribution in [-0.4, -0.2) is 92.5 Å². The molecule has 0 spiro atoms. The molecule has 336 valence electrons. The van der Waals surface area contributed by atoms with Crippen molar-refractivity contribution in [2.45, 2.75) is 173 Å².